The molecule has 3 aromatic rings. The van der Waals surface area contributed by atoms with Crippen molar-refractivity contribution in [1.82, 2.24) is 24.6 Å². The van der Waals surface area contributed by atoms with Gasteiger partial charge in [-0.25, -0.2) is 4.98 Å². The fourth-order valence-electron chi connectivity index (χ4n) is 1.44. The van der Waals surface area contributed by atoms with Gasteiger partial charge in [-0.05, 0) is 12.1 Å². The Morgan fingerprint density at radius 1 is 1.31 bits per heavy atom. The first-order valence-corrected chi connectivity index (χ1v) is 4.99. The molecule has 16 heavy (non-hydrogen) atoms. The van der Waals surface area contributed by atoms with Gasteiger partial charge in [0.2, 0.25) is 0 Å². The lowest BCUT2D eigenvalue weighted by Gasteiger charge is -2.01. The van der Waals surface area contributed by atoms with Crippen molar-refractivity contribution in [2.24, 2.45) is 0 Å². The molecule has 0 saturated heterocycles. The topological polar surface area (TPSA) is 56.0 Å². The van der Waals surface area contributed by atoms with Gasteiger partial charge in [0.15, 0.2) is 0 Å². The second-order valence-electron chi connectivity index (χ2n) is 3.18. The second-order valence-corrected chi connectivity index (χ2v) is 3.56. The highest BCUT2D eigenvalue weighted by Crippen LogP contribution is 2.19. The molecule has 0 amide bonds. The average molecular weight is 232 g/mol. The highest BCUT2D eigenvalue weighted by molar-refractivity contribution is 6.29. The number of hydrogen-bond donors (Lipinski definition) is 0. The van der Waals surface area contributed by atoms with Crippen LogP contribution in [0, 0.1) is 0 Å². The summed E-state index contributed by atoms with van der Waals surface area (Å²) in [5.41, 5.74) is 1.63. The summed E-state index contributed by atoms with van der Waals surface area (Å²) in [5.74, 6) is 0.478. The molecule has 0 aromatic carbocycles. The van der Waals surface area contributed by atoms with Gasteiger partial charge in [-0.1, -0.05) is 11.6 Å². The van der Waals surface area contributed by atoms with Crippen molar-refractivity contribution in [3.05, 3.63) is 42.1 Å². The molecule has 78 valence electrons. The molecule has 0 N–H and O–H groups in total. The summed E-state index contributed by atoms with van der Waals surface area (Å²) in [6.07, 6.45) is 4.85. The first-order valence-electron chi connectivity index (χ1n) is 4.61. The molecule has 3 aromatic heterocycles. The van der Waals surface area contributed by atoms with Gasteiger partial charge in [0.1, 0.15) is 11.5 Å². The predicted octanol–water partition coefficient (Wildman–Crippen LogP) is 1.84. The Morgan fingerprint density at radius 3 is 3.06 bits per heavy atom. The van der Waals surface area contributed by atoms with Crippen molar-refractivity contribution in [3.8, 4) is 11.3 Å². The van der Waals surface area contributed by atoms with Crippen LogP contribution in [0.2, 0.25) is 5.15 Å². The van der Waals surface area contributed by atoms with Crippen LogP contribution in [-0.2, 0) is 0 Å². The van der Waals surface area contributed by atoms with Crippen molar-refractivity contribution < 1.29 is 0 Å². The minimum Gasteiger partial charge on any atom is -0.264 e. The SMILES string of the molecule is Clc1cc(-c2cccnc2)nc2ncnn12. The van der Waals surface area contributed by atoms with Gasteiger partial charge in [0.05, 0.1) is 5.69 Å². The van der Waals surface area contributed by atoms with E-state index in [9.17, 15) is 0 Å². The van der Waals surface area contributed by atoms with E-state index in [2.05, 4.69) is 20.1 Å². The minimum absolute atomic E-state index is 0.473. The Hall–Kier alpha value is -2.01. The van der Waals surface area contributed by atoms with Gasteiger partial charge in [0, 0.05) is 24.0 Å². The molecular formula is C10H6ClN5. The average Bonchev–Trinajstić information content (AvgIpc) is 2.79. The van der Waals surface area contributed by atoms with E-state index in [0.29, 0.717) is 10.9 Å². The number of hydrogen-bond acceptors (Lipinski definition) is 4. The van der Waals surface area contributed by atoms with Crippen molar-refractivity contribution in [3.63, 3.8) is 0 Å². The first kappa shape index (κ1) is 9.23. The standard InChI is InChI=1S/C10H6ClN5/c11-9-4-8(7-2-1-3-12-5-7)15-10-13-6-14-16(9)10/h1-6H. The number of fused-ring (bicyclic) bond motifs is 1. The first-order chi connectivity index (χ1) is 7.84. The van der Waals surface area contributed by atoms with Crippen molar-refractivity contribution in [2.45, 2.75) is 0 Å². The number of halogens is 1. The minimum atomic E-state index is 0.473. The van der Waals surface area contributed by atoms with Crippen LogP contribution >= 0.6 is 11.6 Å². The van der Waals surface area contributed by atoms with Crippen LogP contribution < -0.4 is 0 Å². The van der Waals surface area contributed by atoms with E-state index < -0.39 is 0 Å². The van der Waals surface area contributed by atoms with Crippen LogP contribution in [0.15, 0.2) is 36.9 Å². The lowest BCUT2D eigenvalue weighted by atomic mass is 10.2. The van der Waals surface area contributed by atoms with Crippen LogP contribution in [0.25, 0.3) is 17.0 Å². The fraction of sp³-hybridized carbons (Fsp3) is 0. The molecule has 6 heteroatoms. The molecule has 0 spiro atoms. The molecule has 0 saturated carbocycles. The quantitative estimate of drug-likeness (QED) is 0.600. The zero-order valence-electron chi connectivity index (χ0n) is 8.08. The molecule has 0 aliphatic rings. The van der Waals surface area contributed by atoms with E-state index in [1.807, 2.05) is 12.1 Å². The van der Waals surface area contributed by atoms with E-state index >= 15 is 0 Å². The highest BCUT2D eigenvalue weighted by Gasteiger charge is 2.06. The third kappa shape index (κ3) is 1.42. The molecule has 0 aliphatic heterocycles. The summed E-state index contributed by atoms with van der Waals surface area (Å²) in [4.78, 5) is 12.4. The van der Waals surface area contributed by atoms with Crippen LogP contribution in [0.5, 0.6) is 0 Å². The van der Waals surface area contributed by atoms with E-state index in [1.165, 1.54) is 10.8 Å². The van der Waals surface area contributed by atoms with Gasteiger partial charge in [-0.3, -0.25) is 4.98 Å². The van der Waals surface area contributed by atoms with Gasteiger partial charge < -0.3 is 0 Å². The zero-order chi connectivity index (χ0) is 11.0. The van der Waals surface area contributed by atoms with Crippen LogP contribution in [0.4, 0.5) is 0 Å². The van der Waals surface area contributed by atoms with Crippen molar-refractivity contribution in [1.29, 1.82) is 0 Å². The molecule has 5 nitrogen and oxygen atoms in total. The summed E-state index contributed by atoms with van der Waals surface area (Å²) in [5, 5.41) is 4.42. The van der Waals surface area contributed by atoms with Crippen LogP contribution in [-0.4, -0.2) is 24.6 Å². The zero-order valence-corrected chi connectivity index (χ0v) is 8.83. The van der Waals surface area contributed by atoms with E-state index in [-0.39, 0.29) is 0 Å². The molecule has 0 aliphatic carbocycles. The molecule has 0 radical (unpaired) electrons. The number of nitrogens with zero attached hydrogens (tertiary/aromatic N) is 5. The van der Waals surface area contributed by atoms with Crippen molar-refractivity contribution in [2.75, 3.05) is 0 Å². The highest BCUT2D eigenvalue weighted by atomic mass is 35.5. The van der Waals surface area contributed by atoms with E-state index in [4.69, 9.17) is 11.6 Å². The van der Waals surface area contributed by atoms with Crippen LogP contribution in [0.1, 0.15) is 0 Å². The summed E-state index contributed by atoms with van der Waals surface area (Å²) >= 11 is 6.05. The Balaban J connectivity index is 2.25. The maximum atomic E-state index is 6.05. The van der Waals surface area contributed by atoms with Gasteiger partial charge in [-0.15, -0.1) is 0 Å². The molecule has 0 atom stereocenters. The Bertz CT molecular complexity index is 634. The van der Waals surface area contributed by atoms with Gasteiger partial charge >= 0.3 is 0 Å². The van der Waals surface area contributed by atoms with E-state index in [0.717, 1.165) is 11.3 Å². The Labute approximate surface area is 95.8 Å². The number of aromatic nitrogens is 5. The molecule has 0 unspecified atom stereocenters. The molecule has 0 bridgehead atoms. The monoisotopic (exact) mass is 231 g/mol. The van der Waals surface area contributed by atoms with Crippen molar-refractivity contribution >= 4 is 17.4 Å². The smallest absolute Gasteiger partial charge is 0.254 e. The normalized spacial score (nSPS) is 10.8. The summed E-state index contributed by atoms with van der Waals surface area (Å²) < 4.78 is 1.47. The third-order valence-corrected chi connectivity index (χ3v) is 2.43. The number of rotatable bonds is 1. The molecule has 0 fully saturated rings. The Kier molecular flexibility index (Phi) is 2.04. The van der Waals surface area contributed by atoms with Gasteiger partial charge in [0.25, 0.3) is 5.78 Å². The lowest BCUT2D eigenvalue weighted by Crippen LogP contribution is -1.95. The van der Waals surface area contributed by atoms with Crippen LogP contribution in [0.3, 0.4) is 0 Å². The predicted molar refractivity (Wildman–Crippen MR) is 59.0 cm³/mol. The summed E-state index contributed by atoms with van der Waals surface area (Å²) in [6, 6.07) is 5.50. The maximum Gasteiger partial charge on any atom is 0.254 e. The third-order valence-electron chi connectivity index (χ3n) is 2.17. The second kappa shape index (κ2) is 3.53. The Morgan fingerprint density at radius 2 is 2.25 bits per heavy atom. The largest absolute Gasteiger partial charge is 0.264 e. The van der Waals surface area contributed by atoms with Gasteiger partial charge in [-0.2, -0.15) is 14.6 Å². The van der Waals surface area contributed by atoms with E-state index in [1.54, 1.807) is 18.5 Å². The number of pyridine rings is 1. The fourth-order valence-corrected chi connectivity index (χ4v) is 1.66. The maximum absolute atomic E-state index is 6.05. The summed E-state index contributed by atoms with van der Waals surface area (Å²) in [6.45, 7) is 0. The molecular weight excluding hydrogens is 226 g/mol. The summed E-state index contributed by atoms with van der Waals surface area (Å²) in [7, 11) is 0. The molecule has 3 heterocycles. The molecule has 3 rings (SSSR count). The lowest BCUT2D eigenvalue weighted by molar-refractivity contribution is 0.941.